The fourth-order valence-electron chi connectivity index (χ4n) is 1.63. The number of hydrogen-bond donors (Lipinski definition) is 1. The average Bonchev–Trinajstić information content (AvgIpc) is 1.86. The van der Waals surface area contributed by atoms with E-state index in [1.165, 1.54) is 13.0 Å². The summed E-state index contributed by atoms with van der Waals surface area (Å²) in [5, 5.41) is 0. The van der Waals surface area contributed by atoms with Crippen LogP contribution in [0.5, 0.6) is 0 Å². The molecular formula is C8H18N2O. The minimum absolute atomic E-state index is 0.530. The van der Waals surface area contributed by atoms with E-state index in [0.29, 0.717) is 12.1 Å². The molecule has 1 aliphatic rings. The van der Waals surface area contributed by atoms with Crippen LogP contribution in [0.15, 0.2) is 0 Å². The summed E-state index contributed by atoms with van der Waals surface area (Å²) in [7, 11) is 1.74. The van der Waals surface area contributed by atoms with Crippen molar-refractivity contribution in [2.24, 2.45) is 5.73 Å². The molecule has 0 amide bonds. The first kappa shape index (κ1) is 8.97. The first-order valence-corrected chi connectivity index (χ1v) is 4.24. The summed E-state index contributed by atoms with van der Waals surface area (Å²) >= 11 is 0. The molecule has 3 nitrogen and oxygen atoms in total. The van der Waals surface area contributed by atoms with Crippen molar-refractivity contribution in [3.8, 4) is 0 Å². The van der Waals surface area contributed by atoms with Gasteiger partial charge in [-0.3, -0.25) is 4.90 Å². The van der Waals surface area contributed by atoms with E-state index in [9.17, 15) is 0 Å². The average molecular weight is 158 g/mol. The zero-order valence-electron chi connectivity index (χ0n) is 7.42. The number of rotatable bonds is 4. The minimum Gasteiger partial charge on any atom is -0.383 e. The Morgan fingerprint density at radius 1 is 1.73 bits per heavy atom. The van der Waals surface area contributed by atoms with Gasteiger partial charge in [0.05, 0.1) is 6.61 Å². The second kappa shape index (κ2) is 4.04. The highest BCUT2D eigenvalue weighted by Crippen LogP contribution is 2.19. The van der Waals surface area contributed by atoms with Gasteiger partial charge in [-0.15, -0.1) is 0 Å². The number of methoxy groups -OCH3 is 1. The molecule has 1 fully saturated rings. The van der Waals surface area contributed by atoms with Crippen LogP contribution in [-0.2, 0) is 4.74 Å². The van der Waals surface area contributed by atoms with Crippen LogP contribution in [0.4, 0.5) is 0 Å². The van der Waals surface area contributed by atoms with Gasteiger partial charge in [0, 0.05) is 32.3 Å². The molecule has 0 saturated carbocycles. The molecule has 2 unspecified atom stereocenters. The Labute approximate surface area is 68.5 Å². The fraction of sp³-hybridized carbons (Fsp3) is 1.00. The van der Waals surface area contributed by atoms with E-state index in [1.54, 1.807) is 7.11 Å². The van der Waals surface area contributed by atoms with Crippen molar-refractivity contribution in [1.29, 1.82) is 0 Å². The zero-order valence-corrected chi connectivity index (χ0v) is 7.42. The smallest absolute Gasteiger partial charge is 0.0615 e. The van der Waals surface area contributed by atoms with E-state index < -0.39 is 0 Å². The predicted molar refractivity (Wildman–Crippen MR) is 45.5 cm³/mol. The molecule has 0 bridgehead atoms. The molecule has 0 aromatic heterocycles. The summed E-state index contributed by atoms with van der Waals surface area (Å²) in [5.74, 6) is 0. The lowest BCUT2D eigenvalue weighted by atomic mass is 10.0. The molecule has 0 aromatic rings. The molecule has 1 saturated heterocycles. The largest absolute Gasteiger partial charge is 0.383 e. The van der Waals surface area contributed by atoms with Gasteiger partial charge in [-0.25, -0.2) is 0 Å². The van der Waals surface area contributed by atoms with Crippen molar-refractivity contribution in [3.63, 3.8) is 0 Å². The molecule has 1 heterocycles. The number of nitrogens with zero attached hydrogens (tertiary/aromatic N) is 1. The van der Waals surface area contributed by atoms with E-state index in [4.69, 9.17) is 10.5 Å². The maximum absolute atomic E-state index is 5.58. The lowest BCUT2D eigenvalue weighted by Gasteiger charge is -2.44. The summed E-state index contributed by atoms with van der Waals surface area (Å²) in [5.41, 5.74) is 5.58. The fourth-order valence-corrected chi connectivity index (χ4v) is 1.63. The Kier molecular flexibility index (Phi) is 3.30. The molecule has 11 heavy (non-hydrogen) atoms. The van der Waals surface area contributed by atoms with Gasteiger partial charge in [-0.2, -0.15) is 0 Å². The van der Waals surface area contributed by atoms with E-state index in [1.807, 2.05) is 0 Å². The summed E-state index contributed by atoms with van der Waals surface area (Å²) in [4.78, 5) is 2.41. The molecule has 66 valence electrons. The summed E-state index contributed by atoms with van der Waals surface area (Å²) in [6.07, 6.45) is 1.25. The minimum atomic E-state index is 0.530. The highest BCUT2D eigenvalue weighted by molar-refractivity contribution is 4.86. The van der Waals surface area contributed by atoms with Gasteiger partial charge >= 0.3 is 0 Å². The summed E-state index contributed by atoms with van der Waals surface area (Å²) < 4.78 is 5.07. The Morgan fingerprint density at radius 3 is 2.82 bits per heavy atom. The quantitative estimate of drug-likeness (QED) is 0.628. The van der Waals surface area contributed by atoms with E-state index in [0.717, 1.165) is 13.2 Å². The van der Waals surface area contributed by atoms with Gasteiger partial charge in [0.2, 0.25) is 0 Å². The topological polar surface area (TPSA) is 38.5 Å². The van der Waals surface area contributed by atoms with Gasteiger partial charge in [0.1, 0.15) is 0 Å². The van der Waals surface area contributed by atoms with Crippen LogP contribution in [-0.4, -0.2) is 43.8 Å². The first-order valence-electron chi connectivity index (χ1n) is 4.24. The second-order valence-corrected chi connectivity index (χ2v) is 3.22. The summed E-state index contributed by atoms with van der Waals surface area (Å²) in [6, 6.07) is 1.14. The van der Waals surface area contributed by atoms with Crippen LogP contribution in [0.1, 0.15) is 13.3 Å². The molecule has 2 atom stereocenters. The van der Waals surface area contributed by atoms with Crippen LogP contribution in [0.25, 0.3) is 0 Å². The SMILES string of the molecule is COCC(C)N1CCC1CN. The van der Waals surface area contributed by atoms with Crippen molar-refractivity contribution >= 4 is 0 Å². The highest BCUT2D eigenvalue weighted by atomic mass is 16.5. The lowest BCUT2D eigenvalue weighted by Crippen LogP contribution is -2.56. The third-order valence-corrected chi connectivity index (χ3v) is 2.44. The monoisotopic (exact) mass is 158 g/mol. The lowest BCUT2D eigenvalue weighted by molar-refractivity contribution is 0.0143. The molecule has 0 spiro atoms. The van der Waals surface area contributed by atoms with Crippen molar-refractivity contribution in [2.45, 2.75) is 25.4 Å². The van der Waals surface area contributed by atoms with E-state index in [-0.39, 0.29) is 0 Å². The molecule has 0 aliphatic carbocycles. The molecule has 1 rings (SSSR count). The van der Waals surface area contributed by atoms with Gasteiger partial charge in [0.15, 0.2) is 0 Å². The molecule has 0 aromatic carbocycles. The Hall–Kier alpha value is -0.120. The number of hydrogen-bond acceptors (Lipinski definition) is 3. The van der Waals surface area contributed by atoms with E-state index in [2.05, 4.69) is 11.8 Å². The Bertz CT molecular complexity index is 117. The Balaban J connectivity index is 2.24. The molecule has 2 N–H and O–H groups in total. The van der Waals surface area contributed by atoms with E-state index >= 15 is 0 Å². The van der Waals surface area contributed by atoms with Crippen LogP contribution in [0.3, 0.4) is 0 Å². The number of nitrogens with two attached hydrogens (primary N) is 1. The van der Waals surface area contributed by atoms with Gasteiger partial charge in [0.25, 0.3) is 0 Å². The molecular weight excluding hydrogens is 140 g/mol. The third kappa shape index (κ3) is 1.92. The molecule has 0 radical (unpaired) electrons. The van der Waals surface area contributed by atoms with Crippen LogP contribution < -0.4 is 5.73 Å². The van der Waals surface area contributed by atoms with Crippen LogP contribution in [0, 0.1) is 0 Å². The number of likely N-dealkylation sites (tertiary alicyclic amines) is 1. The maximum atomic E-state index is 5.58. The third-order valence-electron chi connectivity index (χ3n) is 2.44. The normalized spacial score (nSPS) is 28.1. The molecule has 1 aliphatic heterocycles. The second-order valence-electron chi connectivity index (χ2n) is 3.22. The zero-order chi connectivity index (χ0) is 8.27. The standard InChI is InChI=1S/C8H18N2O/c1-7(6-11-2)10-4-3-8(10)5-9/h7-8H,3-6,9H2,1-2H3. The van der Waals surface area contributed by atoms with Crippen LogP contribution >= 0.6 is 0 Å². The van der Waals surface area contributed by atoms with Crippen LogP contribution in [0.2, 0.25) is 0 Å². The van der Waals surface area contributed by atoms with Crippen molar-refractivity contribution < 1.29 is 4.74 Å². The van der Waals surface area contributed by atoms with Gasteiger partial charge in [-0.1, -0.05) is 0 Å². The maximum Gasteiger partial charge on any atom is 0.0615 e. The van der Waals surface area contributed by atoms with Crippen molar-refractivity contribution in [3.05, 3.63) is 0 Å². The van der Waals surface area contributed by atoms with Gasteiger partial charge < -0.3 is 10.5 Å². The first-order chi connectivity index (χ1) is 5.29. The Morgan fingerprint density at radius 2 is 2.45 bits per heavy atom. The van der Waals surface area contributed by atoms with Crippen molar-refractivity contribution in [1.82, 2.24) is 4.90 Å². The van der Waals surface area contributed by atoms with Gasteiger partial charge in [-0.05, 0) is 13.3 Å². The number of ether oxygens (including phenoxy) is 1. The predicted octanol–water partition coefficient (Wildman–Crippen LogP) is 0.0543. The summed E-state index contributed by atoms with van der Waals surface area (Å²) in [6.45, 7) is 4.97. The van der Waals surface area contributed by atoms with Crippen molar-refractivity contribution in [2.75, 3.05) is 26.8 Å². The molecule has 3 heteroatoms. The highest BCUT2D eigenvalue weighted by Gasteiger charge is 2.30.